The van der Waals surface area contributed by atoms with E-state index in [1.54, 1.807) is 14.0 Å². The van der Waals surface area contributed by atoms with Crippen molar-refractivity contribution in [1.29, 1.82) is 0 Å². The monoisotopic (exact) mass is 225 g/mol. The number of thiol groups is 1. The molecule has 1 aromatic rings. The SMILES string of the molecule is COc1ccc(CNC(=O)C(C)S)cc1. The van der Waals surface area contributed by atoms with Crippen LogP contribution in [-0.2, 0) is 11.3 Å². The standard InChI is InChI=1S/C11H15NO2S/c1-8(15)11(13)12-7-9-3-5-10(14-2)6-4-9/h3-6,8,15H,7H2,1-2H3,(H,12,13). The van der Waals surface area contributed by atoms with E-state index in [1.165, 1.54) is 0 Å². The minimum Gasteiger partial charge on any atom is -0.497 e. The Bertz CT molecular complexity index is 322. The molecule has 1 amide bonds. The quantitative estimate of drug-likeness (QED) is 0.764. The molecule has 0 aliphatic heterocycles. The van der Waals surface area contributed by atoms with Crippen molar-refractivity contribution in [3.8, 4) is 5.75 Å². The highest BCUT2D eigenvalue weighted by atomic mass is 32.1. The van der Waals surface area contributed by atoms with Crippen molar-refractivity contribution in [2.45, 2.75) is 18.7 Å². The van der Waals surface area contributed by atoms with Crippen molar-refractivity contribution in [2.24, 2.45) is 0 Å². The largest absolute Gasteiger partial charge is 0.497 e. The van der Waals surface area contributed by atoms with E-state index in [4.69, 9.17) is 4.74 Å². The molecule has 0 fully saturated rings. The van der Waals surface area contributed by atoms with Crippen LogP contribution in [0.4, 0.5) is 0 Å². The molecule has 3 nitrogen and oxygen atoms in total. The van der Waals surface area contributed by atoms with E-state index < -0.39 is 0 Å². The van der Waals surface area contributed by atoms with Gasteiger partial charge in [-0.25, -0.2) is 0 Å². The van der Waals surface area contributed by atoms with Gasteiger partial charge in [-0.3, -0.25) is 4.79 Å². The number of hydrogen-bond donors (Lipinski definition) is 2. The third-order valence-electron chi connectivity index (χ3n) is 2.01. The highest BCUT2D eigenvalue weighted by Crippen LogP contribution is 2.10. The number of hydrogen-bond acceptors (Lipinski definition) is 3. The Balaban J connectivity index is 2.47. The van der Waals surface area contributed by atoms with Crippen molar-refractivity contribution < 1.29 is 9.53 Å². The minimum absolute atomic E-state index is 0.0610. The van der Waals surface area contributed by atoms with Crippen LogP contribution in [0.3, 0.4) is 0 Å². The van der Waals surface area contributed by atoms with Crippen LogP contribution in [0.1, 0.15) is 12.5 Å². The molecule has 0 radical (unpaired) electrons. The van der Waals surface area contributed by atoms with E-state index >= 15 is 0 Å². The van der Waals surface area contributed by atoms with Gasteiger partial charge in [-0.2, -0.15) is 12.6 Å². The summed E-state index contributed by atoms with van der Waals surface area (Å²) < 4.78 is 5.03. The van der Waals surface area contributed by atoms with Gasteiger partial charge in [0.05, 0.1) is 12.4 Å². The Morgan fingerprint density at radius 2 is 2.07 bits per heavy atom. The number of carbonyl (C=O) groups excluding carboxylic acids is 1. The first kappa shape index (κ1) is 11.9. The van der Waals surface area contributed by atoms with Gasteiger partial charge in [0.1, 0.15) is 5.75 Å². The second-order valence-electron chi connectivity index (χ2n) is 3.24. The molecule has 0 saturated heterocycles. The van der Waals surface area contributed by atoms with Crippen molar-refractivity contribution in [1.82, 2.24) is 5.32 Å². The summed E-state index contributed by atoms with van der Waals surface area (Å²) in [5.41, 5.74) is 1.04. The third-order valence-corrected chi connectivity index (χ3v) is 2.24. The van der Waals surface area contributed by atoms with Gasteiger partial charge < -0.3 is 10.1 Å². The molecule has 0 saturated carbocycles. The van der Waals surface area contributed by atoms with Crippen LogP contribution in [-0.4, -0.2) is 18.3 Å². The van der Waals surface area contributed by atoms with Crippen molar-refractivity contribution in [3.05, 3.63) is 29.8 Å². The molecule has 4 heteroatoms. The van der Waals surface area contributed by atoms with Crippen LogP contribution in [0.2, 0.25) is 0 Å². The summed E-state index contributed by atoms with van der Waals surface area (Å²) in [7, 11) is 1.62. The number of ether oxygens (including phenoxy) is 1. The van der Waals surface area contributed by atoms with E-state index in [9.17, 15) is 4.79 Å². The van der Waals surface area contributed by atoms with E-state index in [0.717, 1.165) is 11.3 Å². The normalized spacial score (nSPS) is 11.9. The van der Waals surface area contributed by atoms with Crippen molar-refractivity contribution in [3.63, 3.8) is 0 Å². The van der Waals surface area contributed by atoms with Crippen LogP contribution in [0.25, 0.3) is 0 Å². The van der Waals surface area contributed by atoms with Gasteiger partial charge in [-0.05, 0) is 24.6 Å². The molecular weight excluding hydrogens is 210 g/mol. The number of rotatable bonds is 4. The Labute approximate surface area is 95.2 Å². The van der Waals surface area contributed by atoms with E-state index in [2.05, 4.69) is 17.9 Å². The number of methoxy groups -OCH3 is 1. The number of carbonyl (C=O) groups is 1. The summed E-state index contributed by atoms with van der Waals surface area (Å²) in [6.45, 7) is 2.26. The fourth-order valence-electron chi connectivity index (χ4n) is 1.08. The highest BCUT2D eigenvalue weighted by molar-refractivity contribution is 7.81. The maximum atomic E-state index is 11.2. The molecule has 1 aromatic carbocycles. The molecule has 0 aliphatic carbocycles. The molecule has 1 N–H and O–H groups in total. The average Bonchev–Trinajstić information content (AvgIpc) is 2.26. The van der Waals surface area contributed by atoms with Crippen molar-refractivity contribution >= 4 is 18.5 Å². The fourth-order valence-corrected chi connectivity index (χ4v) is 1.17. The molecule has 1 unspecified atom stereocenters. The van der Waals surface area contributed by atoms with Gasteiger partial charge in [-0.15, -0.1) is 0 Å². The lowest BCUT2D eigenvalue weighted by Gasteiger charge is -2.07. The first-order valence-corrected chi connectivity index (χ1v) is 5.24. The molecule has 1 atom stereocenters. The molecule has 15 heavy (non-hydrogen) atoms. The lowest BCUT2D eigenvalue weighted by Crippen LogP contribution is -2.29. The Morgan fingerprint density at radius 3 is 2.53 bits per heavy atom. The predicted octanol–water partition coefficient (Wildman–Crippen LogP) is 1.63. The first-order chi connectivity index (χ1) is 7.13. The Kier molecular flexibility index (Phi) is 4.49. The molecule has 0 aromatic heterocycles. The molecule has 82 valence electrons. The Morgan fingerprint density at radius 1 is 1.47 bits per heavy atom. The van der Waals surface area contributed by atoms with Crippen LogP contribution in [0, 0.1) is 0 Å². The minimum atomic E-state index is -0.275. The van der Waals surface area contributed by atoms with Crippen LogP contribution in [0.15, 0.2) is 24.3 Å². The van der Waals surface area contributed by atoms with E-state index in [0.29, 0.717) is 6.54 Å². The number of benzene rings is 1. The Hall–Kier alpha value is -1.16. The smallest absolute Gasteiger partial charge is 0.232 e. The molecule has 0 bridgehead atoms. The molecule has 0 heterocycles. The van der Waals surface area contributed by atoms with Crippen molar-refractivity contribution in [2.75, 3.05) is 7.11 Å². The van der Waals surface area contributed by atoms with Crippen LogP contribution in [0.5, 0.6) is 5.75 Å². The lowest BCUT2D eigenvalue weighted by molar-refractivity contribution is -0.120. The van der Waals surface area contributed by atoms with Gasteiger partial charge in [0.25, 0.3) is 0 Å². The maximum absolute atomic E-state index is 11.2. The fraction of sp³-hybridized carbons (Fsp3) is 0.364. The highest BCUT2D eigenvalue weighted by Gasteiger charge is 2.06. The summed E-state index contributed by atoms with van der Waals surface area (Å²) in [5.74, 6) is 0.752. The number of amides is 1. The topological polar surface area (TPSA) is 38.3 Å². The zero-order valence-electron chi connectivity index (χ0n) is 8.86. The van der Waals surface area contributed by atoms with Gasteiger partial charge >= 0.3 is 0 Å². The van der Waals surface area contributed by atoms with Gasteiger partial charge in [-0.1, -0.05) is 12.1 Å². The third kappa shape index (κ3) is 3.83. The average molecular weight is 225 g/mol. The van der Waals surface area contributed by atoms with E-state index in [1.807, 2.05) is 24.3 Å². The first-order valence-electron chi connectivity index (χ1n) is 4.72. The van der Waals surface area contributed by atoms with Crippen LogP contribution >= 0.6 is 12.6 Å². The van der Waals surface area contributed by atoms with Gasteiger partial charge in [0.15, 0.2) is 0 Å². The molecule has 0 aliphatic rings. The zero-order chi connectivity index (χ0) is 11.3. The number of nitrogens with one attached hydrogen (secondary N) is 1. The summed E-state index contributed by atoms with van der Waals surface area (Å²) in [4.78, 5) is 11.2. The second-order valence-corrected chi connectivity index (χ2v) is 4.02. The van der Waals surface area contributed by atoms with Gasteiger partial charge in [0, 0.05) is 6.54 Å². The summed E-state index contributed by atoms with van der Waals surface area (Å²) in [6, 6.07) is 7.57. The lowest BCUT2D eigenvalue weighted by atomic mass is 10.2. The maximum Gasteiger partial charge on any atom is 0.232 e. The summed E-state index contributed by atoms with van der Waals surface area (Å²) in [5, 5.41) is 2.50. The second kappa shape index (κ2) is 5.66. The van der Waals surface area contributed by atoms with E-state index in [-0.39, 0.29) is 11.2 Å². The molecule has 0 spiro atoms. The van der Waals surface area contributed by atoms with Crippen LogP contribution < -0.4 is 10.1 Å². The zero-order valence-corrected chi connectivity index (χ0v) is 9.75. The summed E-state index contributed by atoms with van der Waals surface area (Å²) in [6.07, 6.45) is 0. The van der Waals surface area contributed by atoms with Gasteiger partial charge in [0.2, 0.25) is 5.91 Å². The molecule has 1 rings (SSSR count). The summed E-state index contributed by atoms with van der Waals surface area (Å²) >= 11 is 4.04. The molecular formula is C11H15NO2S. The predicted molar refractivity (Wildman–Crippen MR) is 63.3 cm³/mol.